The molecule has 2 rings (SSSR count). The molecule has 0 N–H and O–H groups in total. The molecule has 1 aromatic carbocycles. The Labute approximate surface area is 128 Å². The van der Waals surface area contributed by atoms with Gasteiger partial charge in [-0.2, -0.15) is 0 Å². The van der Waals surface area contributed by atoms with Crippen molar-refractivity contribution in [1.82, 2.24) is 0 Å². The number of thiophene rings is 1. The Morgan fingerprint density at radius 3 is 2.59 bits per heavy atom. The number of benzene rings is 1. The summed E-state index contributed by atoms with van der Waals surface area (Å²) >= 11 is 16.5. The predicted molar refractivity (Wildman–Crippen MR) is 82.7 cm³/mol. The summed E-state index contributed by atoms with van der Waals surface area (Å²) in [6.07, 6.45) is 0. The maximum atomic E-state index is 6.42. The molecule has 0 radical (unpaired) electrons. The third kappa shape index (κ3) is 3.08. The van der Waals surface area contributed by atoms with Crippen molar-refractivity contribution >= 4 is 57.1 Å². The highest BCUT2D eigenvalue weighted by atomic mass is 127. The molecule has 1 heterocycles. The summed E-state index contributed by atoms with van der Waals surface area (Å²) in [5, 5.41) is 2.48. The van der Waals surface area contributed by atoms with Crippen molar-refractivity contribution in [3.8, 4) is 5.75 Å². The summed E-state index contributed by atoms with van der Waals surface area (Å²) in [7, 11) is 1.60. The first kappa shape index (κ1) is 13.5. The zero-order valence-corrected chi connectivity index (χ0v) is 13.4. The van der Waals surface area contributed by atoms with Gasteiger partial charge in [-0.15, -0.1) is 22.9 Å². The first-order valence-electron chi connectivity index (χ1n) is 4.83. The second-order valence-electron chi connectivity index (χ2n) is 3.44. The molecule has 0 saturated carbocycles. The molecular formula is C12H9Cl2IOS. The standard InChI is InChI=1S/C12H9Cl2IOS/c1-16-10-3-2-7(4-9(10)13)12(14)8-5-11(15)17-6-8/h2-6,12H,1H3. The van der Waals surface area contributed by atoms with E-state index in [2.05, 4.69) is 34.0 Å². The summed E-state index contributed by atoms with van der Waals surface area (Å²) < 4.78 is 6.34. The van der Waals surface area contributed by atoms with Crippen LogP contribution in [0.2, 0.25) is 5.02 Å². The van der Waals surface area contributed by atoms with E-state index in [0.717, 1.165) is 11.1 Å². The minimum absolute atomic E-state index is 0.168. The molecular weight excluding hydrogens is 390 g/mol. The van der Waals surface area contributed by atoms with Gasteiger partial charge in [-0.25, -0.2) is 0 Å². The third-order valence-corrected chi connectivity index (χ3v) is 4.96. The van der Waals surface area contributed by atoms with E-state index in [-0.39, 0.29) is 5.38 Å². The van der Waals surface area contributed by atoms with Gasteiger partial charge in [0.2, 0.25) is 0 Å². The highest BCUT2D eigenvalue weighted by Crippen LogP contribution is 2.35. The van der Waals surface area contributed by atoms with E-state index >= 15 is 0 Å². The fraction of sp³-hybridized carbons (Fsp3) is 0.167. The summed E-state index contributed by atoms with van der Waals surface area (Å²) in [5.41, 5.74) is 2.08. The van der Waals surface area contributed by atoms with Crippen molar-refractivity contribution in [2.75, 3.05) is 7.11 Å². The molecule has 0 bridgehead atoms. The monoisotopic (exact) mass is 398 g/mol. The fourth-order valence-corrected chi connectivity index (χ4v) is 3.49. The molecule has 17 heavy (non-hydrogen) atoms. The minimum atomic E-state index is -0.168. The van der Waals surface area contributed by atoms with Gasteiger partial charge < -0.3 is 4.74 Å². The van der Waals surface area contributed by atoms with Crippen molar-refractivity contribution in [2.45, 2.75) is 5.38 Å². The van der Waals surface area contributed by atoms with Gasteiger partial charge in [0.25, 0.3) is 0 Å². The molecule has 0 aliphatic carbocycles. The first-order chi connectivity index (χ1) is 8.11. The van der Waals surface area contributed by atoms with Crippen LogP contribution in [0.5, 0.6) is 5.75 Å². The third-order valence-electron chi connectivity index (χ3n) is 2.35. The van der Waals surface area contributed by atoms with Crippen LogP contribution in [-0.2, 0) is 0 Å². The van der Waals surface area contributed by atoms with Crippen LogP contribution >= 0.6 is 57.1 Å². The fourth-order valence-electron chi connectivity index (χ4n) is 1.49. The molecule has 1 atom stereocenters. The average Bonchev–Trinajstić information content (AvgIpc) is 2.75. The van der Waals surface area contributed by atoms with Crippen molar-refractivity contribution in [3.05, 3.63) is 48.7 Å². The largest absolute Gasteiger partial charge is 0.495 e. The van der Waals surface area contributed by atoms with Crippen LogP contribution < -0.4 is 4.74 Å². The predicted octanol–water partition coefficient (Wildman–Crippen LogP) is 5.34. The van der Waals surface area contributed by atoms with Crippen molar-refractivity contribution < 1.29 is 4.74 Å². The topological polar surface area (TPSA) is 9.23 Å². The Kier molecular flexibility index (Phi) is 4.58. The van der Waals surface area contributed by atoms with Gasteiger partial charge in [-0.1, -0.05) is 17.7 Å². The lowest BCUT2D eigenvalue weighted by molar-refractivity contribution is 0.415. The Bertz CT molecular complexity index is 527. The van der Waals surface area contributed by atoms with E-state index in [1.165, 1.54) is 2.88 Å². The summed E-state index contributed by atoms with van der Waals surface area (Å²) in [6, 6.07) is 7.71. The molecule has 0 amide bonds. The number of hydrogen-bond acceptors (Lipinski definition) is 2. The number of hydrogen-bond donors (Lipinski definition) is 0. The Hall–Kier alpha value is 0.0300. The molecule has 0 fully saturated rings. The van der Waals surface area contributed by atoms with Gasteiger partial charge in [0.05, 0.1) is 20.4 Å². The Morgan fingerprint density at radius 2 is 2.06 bits per heavy atom. The second-order valence-corrected chi connectivity index (χ2v) is 7.09. The van der Waals surface area contributed by atoms with Crippen LogP contribution in [0.3, 0.4) is 0 Å². The molecule has 1 aromatic heterocycles. The van der Waals surface area contributed by atoms with Crippen LogP contribution in [0.1, 0.15) is 16.5 Å². The van der Waals surface area contributed by atoms with Gasteiger partial charge in [0, 0.05) is 0 Å². The number of halogens is 3. The first-order valence-corrected chi connectivity index (χ1v) is 7.60. The second kappa shape index (κ2) is 5.78. The van der Waals surface area contributed by atoms with Gasteiger partial charge >= 0.3 is 0 Å². The van der Waals surface area contributed by atoms with E-state index in [0.29, 0.717) is 10.8 Å². The number of methoxy groups -OCH3 is 1. The van der Waals surface area contributed by atoms with Crippen molar-refractivity contribution in [2.24, 2.45) is 0 Å². The van der Waals surface area contributed by atoms with E-state index < -0.39 is 0 Å². The Morgan fingerprint density at radius 1 is 1.29 bits per heavy atom. The van der Waals surface area contributed by atoms with Gasteiger partial charge in [-0.05, 0) is 57.3 Å². The molecule has 1 nitrogen and oxygen atoms in total. The maximum absolute atomic E-state index is 6.42. The lowest BCUT2D eigenvalue weighted by Gasteiger charge is -2.10. The van der Waals surface area contributed by atoms with Crippen LogP contribution in [0.15, 0.2) is 29.6 Å². The summed E-state index contributed by atoms with van der Waals surface area (Å²) in [6.45, 7) is 0. The molecule has 0 aliphatic rings. The van der Waals surface area contributed by atoms with Gasteiger partial charge in [-0.3, -0.25) is 0 Å². The molecule has 5 heteroatoms. The number of rotatable bonds is 3. The van der Waals surface area contributed by atoms with E-state index in [1.54, 1.807) is 18.4 Å². The molecule has 0 aliphatic heterocycles. The minimum Gasteiger partial charge on any atom is -0.495 e. The Balaban J connectivity index is 2.31. The summed E-state index contributed by atoms with van der Waals surface area (Å²) in [4.78, 5) is 0. The average molecular weight is 399 g/mol. The zero-order chi connectivity index (χ0) is 12.4. The normalized spacial score (nSPS) is 12.5. The van der Waals surface area contributed by atoms with Gasteiger partial charge in [0.1, 0.15) is 5.75 Å². The van der Waals surface area contributed by atoms with E-state index in [9.17, 15) is 0 Å². The van der Waals surface area contributed by atoms with Crippen LogP contribution in [0.25, 0.3) is 0 Å². The van der Waals surface area contributed by atoms with E-state index in [1.807, 2.05) is 18.2 Å². The molecule has 2 aromatic rings. The lowest BCUT2D eigenvalue weighted by atomic mass is 10.1. The van der Waals surface area contributed by atoms with Crippen molar-refractivity contribution in [1.29, 1.82) is 0 Å². The maximum Gasteiger partial charge on any atom is 0.137 e. The van der Waals surface area contributed by atoms with E-state index in [4.69, 9.17) is 27.9 Å². The van der Waals surface area contributed by atoms with Crippen molar-refractivity contribution in [3.63, 3.8) is 0 Å². The lowest BCUT2D eigenvalue weighted by Crippen LogP contribution is -1.92. The van der Waals surface area contributed by atoms with Crippen LogP contribution in [-0.4, -0.2) is 7.11 Å². The smallest absolute Gasteiger partial charge is 0.137 e. The molecule has 90 valence electrons. The SMILES string of the molecule is COc1ccc(C(Cl)c2csc(I)c2)cc1Cl. The van der Waals surface area contributed by atoms with Crippen LogP contribution in [0.4, 0.5) is 0 Å². The van der Waals surface area contributed by atoms with Crippen LogP contribution in [0, 0.1) is 2.88 Å². The molecule has 0 spiro atoms. The zero-order valence-electron chi connectivity index (χ0n) is 8.91. The highest BCUT2D eigenvalue weighted by molar-refractivity contribution is 14.1. The summed E-state index contributed by atoms with van der Waals surface area (Å²) in [5.74, 6) is 0.666. The number of ether oxygens (including phenoxy) is 1. The quantitative estimate of drug-likeness (QED) is 0.500. The number of alkyl halides is 1. The highest BCUT2D eigenvalue weighted by Gasteiger charge is 2.14. The molecule has 1 unspecified atom stereocenters. The van der Waals surface area contributed by atoms with Gasteiger partial charge in [0.15, 0.2) is 0 Å². The molecule has 0 saturated heterocycles.